The minimum atomic E-state index is -4.40. The van der Waals surface area contributed by atoms with E-state index in [-0.39, 0.29) is 11.7 Å². The average molecular weight is 306 g/mol. The van der Waals surface area contributed by atoms with Crippen molar-refractivity contribution in [3.8, 4) is 0 Å². The molecular formula is C12H13F3N2O2S. The molecule has 0 aliphatic rings. The summed E-state index contributed by atoms with van der Waals surface area (Å²) in [4.78, 5) is 22.7. The zero-order valence-corrected chi connectivity index (χ0v) is 11.4. The quantitative estimate of drug-likeness (QED) is 0.821. The molecule has 0 saturated heterocycles. The third-order valence-electron chi connectivity index (χ3n) is 2.03. The highest BCUT2D eigenvalue weighted by molar-refractivity contribution is 8.00. The van der Waals surface area contributed by atoms with Crippen molar-refractivity contribution in [2.24, 2.45) is 0 Å². The number of anilines is 1. The van der Waals surface area contributed by atoms with Crippen molar-refractivity contribution in [3.63, 3.8) is 0 Å². The van der Waals surface area contributed by atoms with Crippen LogP contribution in [0.3, 0.4) is 0 Å². The summed E-state index contributed by atoms with van der Waals surface area (Å²) in [5.41, 5.74) is 0.614. The molecule has 0 heterocycles. The van der Waals surface area contributed by atoms with Crippen LogP contribution >= 0.6 is 11.8 Å². The van der Waals surface area contributed by atoms with Gasteiger partial charge in [0, 0.05) is 17.5 Å². The molecule has 0 atom stereocenters. The second-order valence-electron chi connectivity index (χ2n) is 3.89. The number of nitrogens with one attached hydrogen (secondary N) is 2. The molecular weight excluding hydrogens is 293 g/mol. The van der Waals surface area contributed by atoms with Crippen molar-refractivity contribution in [1.29, 1.82) is 0 Å². The molecule has 110 valence electrons. The van der Waals surface area contributed by atoms with Crippen LogP contribution in [0.2, 0.25) is 0 Å². The number of rotatable bonds is 5. The summed E-state index contributed by atoms with van der Waals surface area (Å²) in [5, 5.41) is 4.37. The lowest BCUT2D eigenvalue weighted by Gasteiger charge is -2.08. The smallest absolute Gasteiger partial charge is 0.346 e. The lowest BCUT2D eigenvalue weighted by molar-refractivity contribution is -0.136. The van der Waals surface area contributed by atoms with E-state index in [4.69, 9.17) is 0 Å². The Kier molecular flexibility index (Phi) is 5.87. The van der Waals surface area contributed by atoms with Crippen molar-refractivity contribution in [2.45, 2.75) is 18.0 Å². The van der Waals surface area contributed by atoms with E-state index in [0.717, 1.165) is 16.7 Å². The Hall–Kier alpha value is -1.70. The van der Waals surface area contributed by atoms with E-state index in [9.17, 15) is 22.8 Å². The van der Waals surface area contributed by atoms with Gasteiger partial charge in [-0.05, 0) is 24.3 Å². The fourth-order valence-corrected chi connectivity index (χ4v) is 1.96. The van der Waals surface area contributed by atoms with E-state index in [1.165, 1.54) is 6.92 Å². The van der Waals surface area contributed by atoms with Crippen LogP contribution in [0.25, 0.3) is 0 Å². The predicted octanol–water partition coefficient (Wildman–Crippen LogP) is 2.42. The first kappa shape index (κ1) is 16.4. The predicted molar refractivity (Wildman–Crippen MR) is 70.5 cm³/mol. The van der Waals surface area contributed by atoms with E-state index < -0.39 is 18.6 Å². The Balaban J connectivity index is 2.38. The molecule has 20 heavy (non-hydrogen) atoms. The van der Waals surface area contributed by atoms with Gasteiger partial charge in [0.1, 0.15) is 6.54 Å². The number of hydrogen-bond donors (Lipinski definition) is 2. The number of carbonyl (C=O) groups is 2. The van der Waals surface area contributed by atoms with Crippen molar-refractivity contribution >= 4 is 29.3 Å². The van der Waals surface area contributed by atoms with Gasteiger partial charge in [0.2, 0.25) is 11.8 Å². The number of benzene rings is 1. The molecule has 0 bridgehead atoms. The number of alkyl halides is 3. The summed E-state index contributed by atoms with van der Waals surface area (Å²) >= 11 is 1.11. The lowest BCUT2D eigenvalue weighted by atomic mass is 10.3. The second kappa shape index (κ2) is 7.18. The standard InChI is InChI=1S/C12H13F3N2O2S/c1-8(18)17-9-2-4-10(5-3-9)20-6-11(19)16-7-12(13,14)15/h2-5H,6-7H2,1H3,(H,16,19)(H,17,18). The summed E-state index contributed by atoms with van der Waals surface area (Å²) in [7, 11) is 0. The van der Waals surface area contributed by atoms with Crippen LogP contribution in [0.4, 0.5) is 18.9 Å². The highest BCUT2D eigenvalue weighted by Gasteiger charge is 2.27. The van der Waals surface area contributed by atoms with Gasteiger partial charge in [0.15, 0.2) is 0 Å². The van der Waals surface area contributed by atoms with Gasteiger partial charge >= 0.3 is 6.18 Å². The minimum Gasteiger partial charge on any atom is -0.346 e. The number of amides is 2. The van der Waals surface area contributed by atoms with E-state index >= 15 is 0 Å². The van der Waals surface area contributed by atoms with Crippen LogP contribution in [0.15, 0.2) is 29.2 Å². The Bertz CT molecular complexity index is 475. The van der Waals surface area contributed by atoms with Crippen LogP contribution in [-0.2, 0) is 9.59 Å². The molecule has 4 nitrogen and oxygen atoms in total. The lowest BCUT2D eigenvalue weighted by Crippen LogP contribution is -2.34. The minimum absolute atomic E-state index is 0.102. The zero-order valence-electron chi connectivity index (χ0n) is 10.6. The van der Waals surface area contributed by atoms with Gasteiger partial charge in [0.05, 0.1) is 5.75 Å². The van der Waals surface area contributed by atoms with Gasteiger partial charge in [0.25, 0.3) is 0 Å². The molecule has 1 aromatic carbocycles. The first-order valence-corrected chi connectivity index (χ1v) is 6.59. The molecule has 0 unspecified atom stereocenters. The number of hydrogen-bond acceptors (Lipinski definition) is 3. The molecule has 1 rings (SSSR count). The Morgan fingerprint density at radius 3 is 2.30 bits per heavy atom. The summed E-state index contributed by atoms with van der Waals surface area (Å²) < 4.78 is 35.6. The van der Waals surface area contributed by atoms with Gasteiger partial charge in [-0.25, -0.2) is 0 Å². The maximum Gasteiger partial charge on any atom is 0.405 e. The van der Waals surface area contributed by atoms with Crippen LogP contribution in [-0.4, -0.2) is 30.3 Å². The maximum atomic E-state index is 11.9. The molecule has 2 N–H and O–H groups in total. The van der Waals surface area contributed by atoms with Crippen LogP contribution in [0.1, 0.15) is 6.92 Å². The van der Waals surface area contributed by atoms with Gasteiger partial charge < -0.3 is 10.6 Å². The highest BCUT2D eigenvalue weighted by Crippen LogP contribution is 2.20. The normalized spacial score (nSPS) is 11.0. The molecule has 0 radical (unpaired) electrons. The Morgan fingerprint density at radius 1 is 1.20 bits per heavy atom. The summed E-state index contributed by atoms with van der Waals surface area (Å²) in [6.07, 6.45) is -4.40. The van der Waals surface area contributed by atoms with Gasteiger partial charge in [-0.2, -0.15) is 13.2 Å². The number of thioether (sulfide) groups is 1. The Labute approximate surface area is 118 Å². The largest absolute Gasteiger partial charge is 0.405 e. The SMILES string of the molecule is CC(=O)Nc1ccc(SCC(=O)NCC(F)(F)F)cc1. The molecule has 0 aromatic heterocycles. The van der Waals surface area contributed by atoms with Crippen molar-refractivity contribution < 1.29 is 22.8 Å². The topological polar surface area (TPSA) is 58.2 Å². The first-order chi connectivity index (χ1) is 9.26. The third kappa shape index (κ3) is 7.03. The van der Waals surface area contributed by atoms with Gasteiger partial charge in [-0.1, -0.05) is 0 Å². The second-order valence-corrected chi connectivity index (χ2v) is 4.93. The number of halogens is 3. The van der Waals surface area contributed by atoms with E-state index in [2.05, 4.69) is 5.32 Å². The van der Waals surface area contributed by atoms with Gasteiger partial charge in [-0.3, -0.25) is 9.59 Å². The number of carbonyl (C=O) groups excluding carboxylic acids is 2. The molecule has 0 saturated carbocycles. The summed E-state index contributed by atoms with van der Waals surface area (Å²) in [5.74, 6) is -0.981. The molecule has 8 heteroatoms. The van der Waals surface area contributed by atoms with Crippen LogP contribution < -0.4 is 10.6 Å². The Morgan fingerprint density at radius 2 is 1.80 bits per heavy atom. The first-order valence-electron chi connectivity index (χ1n) is 5.60. The summed E-state index contributed by atoms with van der Waals surface area (Å²) in [6, 6.07) is 6.65. The van der Waals surface area contributed by atoms with Gasteiger partial charge in [-0.15, -0.1) is 11.8 Å². The monoisotopic (exact) mass is 306 g/mol. The van der Waals surface area contributed by atoms with Crippen molar-refractivity contribution in [2.75, 3.05) is 17.6 Å². The fraction of sp³-hybridized carbons (Fsp3) is 0.333. The average Bonchev–Trinajstić information content (AvgIpc) is 2.34. The molecule has 0 aliphatic heterocycles. The van der Waals surface area contributed by atoms with Crippen molar-refractivity contribution in [1.82, 2.24) is 5.32 Å². The zero-order chi connectivity index (χ0) is 15.2. The van der Waals surface area contributed by atoms with Crippen LogP contribution in [0.5, 0.6) is 0 Å². The summed E-state index contributed by atoms with van der Waals surface area (Å²) in [6.45, 7) is 0.0571. The van der Waals surface area contributed by atoms with E-state index in [1.807, 2.05) is 0 Å². The highest BCUT2D eigenvalue weighted by atomic mass is 32.2. The third-order valence-corrected chi connectivity index (χ3v) is 3.04. The van der Waals surface area contributed by atoms with Crippen molar-refractivity contribution in [3.05, 3.63) is 24.3 Å². The van der Waals surface area contributed by atoms with Crippen LogP contribution in [0, 0.1) is 0 Å². The fourth-order valence-electron chi connectivity index (χ4n) is 1.24. The van der Waals surface area contributed by atoms with E-state index in [0.29, 0.717) is 5.69 Å². The molecule has 0 aliphatic carbocycles. The van der Waals surface area contributed by atoms with E-state index in [1.54, 1.807) is 29.6 Å². The maximum absolute atomic E-state index is 11.9. The molecule has 0 fully saturated rings. The molecule has 0 spiro atoms. The molecule has 1 aromatic rings. The molecule has 2 amide bonds.